The molecule has 0 bridgehead atoms. The van der Waals surface area contributed by atoms with Crippen LogP contribution in [0.2, 0.25) is 0 Å². The summed E-state index contributed by atoms with van der Waals surface area (Å²) in [5.74, 6) is 6.05. The molecular weight excluding hydrogens is 264 g/mol. The van der Waals surface area contributed by atoms with Gasteiger partial charge in [0, 0.05) is 30.1 Å². The lowest BCUT2D eigenvalue weighted by Crippen LogP contribution is -2.09. The Bertz CT molecular complexity index is 651. The molecule has 1 atom stereocenters. The van der Waals surface area contributed by atoms with Gasteiger partial charge in [0.05, 0.1) is 13.2 Å². The van der Waals surface area contributed by atoms with Gasteiger partial charge >= 0.3 is 5.97 Å². The zero-order chi connectivity index (χ0) is 15.1. The van der Waals surface area contributed by atoms with Crippen LogP contribution in [0.25, 0.3) is 0 Å². The minimum Gasteiger partial charge on any atom is -0.469 e. The highest BCUT2D eigenvalue weighted by molar-refractivity contribution is 5.69. The van der Waals surface area contributed by atoms with Crippen LogP contribution in [0.1, 0.15) is 24.4 Å². The molecule has 4 nitrogen and oxygen atoms in total. The molecule has 0 radical (unpaired) electrons. The van der Waals surface area contributed by atoms with Crippen LogP contribution in [0.3, 0.4) is 0 Å². The highest BCUT2D eigenvalue weighted by Crippen LogP contribution is 2.15. The summed E-state index contributed by atoms with van der Waals surface area (Å²) >= 11 is 0. The molecule has 0 saturated carbocycles. The van der Waals surface area contributed by atoms with E-state index in [0.29, 0.717) is 18.5 Å². The van der Waals surface area contributed by atoms with E-state index in [1.165, 1.54) is 7.11 Å². The number of nitrogens with zero attached hydrogens (tertiary/aromatic N) is 1. The van der Waals surface area contributed by atoms with Gasteiger partial charge in [-0.25, -0.2) is 0 Å². The van der Waals surface area contributed by atoms with Crippen LogP contribution in [0.4, 0.5) is 5.69 Å². The molecule has 2 N–H and O–H groups in total. The van der Waals surface area contributed by atoms with E-state index in [2.05, 4.69) is 16.6 Å². The molecule has 1 aromatic carbocycles. The maximum absolute atomic E-state index is 11.3. The number of benzene rings is 1. The number of esters is 1. The molecule has 0 saturated heterocycles. The molecule has 0 fully saturated rings. The maximum Gasteiger partial charge on any atom is 0.305 e. The number of nitrogens with two attached hydrogens (primary N) is 1. The number of carbonyl (C=O) groups excluding carboxylic acids is 1. The Morgan fingerprint density at radius 3 is 2.67 bits per heavy atom. The van der Waals surface area contributed by atoms with Crippen molar-refractivity contribution in [2.75, 3.05) is 12.8 Å². The minimum absolute atomic E-state index is 0.0845. The minimum atomic E-state index is -0.229. The summed E-state index contributed by atoms with van der Waals surface area (Å²) in [7, 11) is 1.39. The Labute approximate surface area is 124 Å². The predicted molar refractivity (Wildman–Crippen MR) is 82.5 cm³/mol. The monoisotopic (exact) mass is 282 g/mol. The summed E-state index contributed by atoms with van der Waals surface area (Å²) in [5.41, 5.74) is 7.34. The van der Waals surface area contributed by atoms with E-state index in [4.69, 9.17) is 5.73 Å². The lowest BCUT2D eigenvalue weighted by Gasteiger charge is -2.12. The summed E-state index contributed by atoms with van der Waals surface area (Å²) in [6.45, 7) is 0. The van der Waals surface area contributed by atoms with Crippen LogP contribution in [-0.2, 0) is 9.53 Å². The first-order chi connectivity index (χ1) is 10.2. The van der Waals surface area contributed by atoms with Gasteiger partial charge in [-0.1, -0.05) is 24.0 Å². The van der Waals surface area contributed by atoms with Crippen LogP contribution in [0.15, 0.2) is 48.8 Å². The zero-order valence-electron chi connectivity index (χ0n) is 12.0. The molecule has 0 aliphatic heterocycles. The Hall–Kier alpha value is -2.67. The Morgan fingerprint density at radius 1 is 1.29 bits per heavy atom. The number of anilines is 1. The van der Waals surface area contributed by atoms with Gasteiger partial charge in [-0.3, -0.25) is 4.79 Å². The van der Waals surface area contributed by atoms with E-state index in [9.17, 15) is 4.79 Å². The number of para-hydroxylation sites is 1. The molecule has 0 aliphatic rings. The fourth-order valence-corrected chi connectivity index (χ4v) is 1.98. The number of hydrogen-bond acceptors (Lipinski definition) is 3. The van der Waals surface area contributed by atoms with Crippen molar-refractivity contribution >= 4 is 11.7 Å². The molecule has 21 heavy (non-hydrogen) atoms. The van der Waals surface area contributed by atoms with Crippen LogP contribution in [0, 0.1) is 11.8 Å². The lowest BCUT2D eigenvalue weighted by molar-refractivity contribution is -0.140. The first-order valence-electron chi connectivity index (χ1n) is 6.76. The number of hydrogen-bond donors (Lipinski definition) is 1. The predicted octanol–water partition coefficient (Wildman–Crippen LogP) is 2.62. The van der Waals surface area contributed by atoms with Gasteiger partial charge in [-0.2, -0.15) is 0 Å². The fourth-order valence-electron chi connectivity index (χ4n) is 1.98. The first-order valence-corrected chi connectivity index (χ1v) is 6.76. The molecule has 1 unspecified atom stereocenters. The maximum atomic E-state index is 11.3. The van der Waals surface area contributed by atoms with E-state index in [1.54, 1.807) is 0 Å². The summed E-state index contributed by atoms with van der Waals surface area (Å²) in [6.07, 6.45) is 4.80. The largest absolute Gasteiger partial charge is 0.469 e. The molecule has 2 rings (SSSR count). The Morgan fingerprint density at radius 2 is 2.00 bits per heavy atom. The van der Waals surface area contributed by atoms with Crippen molar-refractivity contribution in [2.45, 2.75) is 18.9 Å². The number of ether oxygens (including phenoxy) is 1. The van der Waals surface area contributed by atoms with Crippen LogP contribution in [0.5, 0.6) is 0 Å². The molecular formula is C17H18N2O2. The molecule has 1 aromatic heterocycles. The van der Waals surface area contributed by atoms with E-state index in [1.807, 2.05) is 53.4 Å². The van der Waals surface area contributed by atoms with Gasteiger partial charge in [-0.05, 0) is 30.7 Å². The van der Waals surface area contributed by atoms with Crippen molar-refractivity contribution in [3.05, 3.63) is 54.4 Å². The molecule has 4 heteroatoms. The quantitative estimate of drug-likeness (QED) is 0.533. The fraction of sp³-hybridized carbons (Fsp3) is 0.235. The van der Waals surface area contributed by atoms with Gasteiger partial charge in [0.25, 0.3) is 0 Å². The van der Waals surface area contributed by atoms with Crippen LogP contribution >= 0.6 is 0 Å². The highest BCUT2D eigenvalue weighted by atomic mass is 16.5. The Balaban J connectivity index is 2.17. The lowest BCUT2D eigenvalue weighted by atomic mass is 10.1. The Kier molecular flexibility index (Phi) is 5.05. The standard InChI is InChI=1S/C17H18N2O2/c1-21-17(20)11-10-15(19-12-4-5-13-19)9-8-14-6-2-3-7-16(14)18/h2-7,12-13,15H,10-11,18H2,1H3. The van der Waals surface area contributed by atoms with Crippen molar-refractivity contribution in [3.63, 3.8) is 0 Å². The third kappa shape index (κ3) is 4.15. The van der Waals surface area contributed by atoms with Gasteiger partial charge < -0.3 is 15.0 Å². The molecule has 2 aromatic rings. The molecule has 0 aliphatic carbocycles. The summed E-state index contributed by atoms with van der Waals surface area (Å²) in [4.78, 5) is 11.3. The second-order valence-electron chi connectivity index (χ2n) is 4.62. The topological polar surface area (TPSA) is 57.2 Å². The van der Waals surface area contributed by atoms with Crippen molar-refractivity contribution in [1.82, 2.24) is 4.57 Å². The summed E-state index contributed by atoms with van der Waals surface area (Å²) in [6, 6.07) is 11.3. The third-order valence-corrected chi connectivity index (χ3v) is 3.17. The normalized spacial score (nSPS) is 11.3. The van der Waals surface area contributed by atoms with E-state index in [0.717, 1.165) is 5.56 Å². The second kappa shape index (κ2) is 7.20. The summed E-state index contributed by atoms with van der Waals surface area (Å²) < 4.78 is 6.66. The average Bonchev–Trinajstić information content (AvgIpc) is 3.02. The van der Waals surface area contributed by atoms with E-state index >= 15 is 0 Å². The molecule has 0 amide bonds. The van der Waals surface area contributed by atoms with Crippen molar-refractivity contribution in [1.29, 1.82) is 0 Å². The highest BCUT2D eigenvalue weighted by Gasteiger charge is 2.10. The first kappa shape index (κ1) is 14.7. The van der Waals surface area contributed by atoms with Gasteiger partial charge in [0.15, 0.2) is 0 Å². The third-order valence-electron chi connectivity index (χ3n) is 3.17. The SMILES string of the molecule is COC(=O)CCC(C#Cc1ccccc1N)n1cccc1. The van der Waals surface area contributed by atoms with E-state index < -0.39 is 0 Å². The number of carbonyl (C=O) groups is 1. The van der Waals surface area contributed by atoms with Crippen LogP contribution < -0.4 is 5.73 Å². The van der Waals surface area contributed by atoms with Gasteiger partial charge in [-0.15, -0.1) is 0 Å². The number of rotatable bonds is 4. The second-order valence-corrected chi connectivity index (χ2v) is 4.62. The van der Waals surface area contributed by atoms with Crippen LogP contribution in [-0.4, -0.2) is 17.6 Å². The molecule has 1 heterocycles. The van der Waals surface area contributed by atoms with Crippen molar-refractivity contribution in [2.24, 2.45) is 0 Å². The van der Waals surface area contributed by atoms with E-state index in [-0.39, 0.29) is 12.0 Å². The van der Waals surface area contributed by atoms with Crippen molar-refractivity contribution in [3.8, 4) is 11.8 Å². The molecule has 108 valence electrons. The molecule has 0 spiro atoms. The van der Waals surface area contributed by atoms with Gasteiger partial charge in [0.1, 0.15) is 0 Å². The van der Waals surface area contributed by atoms with Gasteiger partial charge in [0.2, 0.25) is 0 Å². The summed E-state index contributed by atoms with van der Waals surface area (Å²) in [5, 5.41) is 0. The van der Waals surface area contributed by atoms with Crippen molar-refractivity contribution < 1.29 is 9.53 Å². The number of methoxy groups -OCH3 is 1. The smallest absolute Gasteiger partial charge is 0.305 e. The number of nitrogen functional groups attached to an aromatic ring is 1. The number of aromatic nitrogens is 1. The average molecular weight is 282 g/mol. The zero-order valence-corrected chi connectivity index (χ0v) is 12.0.